The number of anilines is 2. The molecule has 152 valence electrons. The lowest BCUT2D eigenvalue weighted by molar-refractivity contribution is 0.265. The highest BCUT2D eigenvalue weighted by Crippen LogP contribution is 2.28. The molecule has 0 saturated carbocycles. The van der Waals surface area contributed by atoms with Gasteiger partial charge in [0, 0.05) is 31.2 Å². The summed E-state index contributed by atoms with van der Waals surface area (Å²) in [5.41, 5.74) is 3.50. The first-order chi connectivity index (χ1) is 14.8. The standard InChI is InChI=1S/C22H23N7O/c30-14-18-9-5-11-28(18)22-26-20(24-13-16-6-4-10-23-12-16)19-21(27-22)29(15-25-19)17-7-2-1-3-8-17/h1-4,6-8,10,12,15,18,30H,5,9,11,13-14H2,(H,24,26,27). The summed E-state index contributed by atoms with van der Waals surface area (Å²) in [6.07, 6.45) is 7.32. The van der Waals surface area contributed by atoms with E-state index in [1.54, 1.807) is 12.5 Å². The number of nitrogens with one attached hydrogen (secondary N) is 1. The summed E-state index contributed by atoms with van der Waals surface area (Å²) >= 11 is 0. The fraction of sp³-hybridized carbons (Fsp3) is 0.273. The number of aliphatic hydroxyl groups is 1. The molecular formula is C22H23N7O. The minimum absolute atomic E-state index is 0.0433. The molecule has 2 N–H and O–H groups in total. The van der Waals surface area contributed by atoms with Crippen LogP contribution in [0.1, 0.15) is 18.4 Å². The zero-order valence-electron chi connectivity index (χ0n) is 16.5. The van der Waals surface area contributed by atoms with Gasteiger partial charge < -0.3 is 15.3 Å². The van der Waals surface area contributed by atoms with Gasteiger partial charge in [0.1, 0.15) is 6.33 Å². The Labute approximate surface area is 174 Å². The third kappa shape index (κ3) is 3.46. The largest absolute Gasteiger partial charge is 0.394 e. The number of pyridine rings is 1. The Morgan fingerprint density at radius 2 is 2.00 bits per heavy atom. The van der Waals surface area contributed by atoms with Gasteiger partial charge in [0.25, 0.3) is 0 Å². The molecule has 0 spiro atoms. The summed E-state index contributed by atoms with van der Waals surface area (Å²) in [5.74, 6) is 1.29. The van der Waals surface area contributed by atoms with Gasteiger partial charge in [-0.3, -0.25) is 9.55 Å². The molecule has 1 aliphatic heterocycles. The minimum atomic E-state index is 0.0433. The van der Waals surface area contributed by atoms with Crippen LogP contribution in [0.5, 0.6) is 0 Å². The SMILES string of the molecule is OCC1CCCN1c1nc(NCc2cccnc2)c2ncn(-c3ccccc3)c2n1. The molecule has 8 heteroatoms. The molecule has 1 saturated heterocycles. The zero-order valence-corrected chi connectivity index (χ0v) is 16.5. The number of para-hydroxylation sites is 1. The molecular weight excluding hydrogens is 378 g/mol. The van der Waals surface area contributed by atoms with Crippen LogP contribution in [0.25, 0.3) is 16.9 Å². The lowest BCUT2D eigenvalue weighted by Gasteiger charge is -2.23. The van der Waals surface area contributed by atoms with Crippen LogP contribution in [0.4, 0.5) is 11.8 Å². The molecule has 0 radical (unpaired) electrons. The van der Waals surface area contributed by atoms with Gasteiger partial charge in [0.05, 0.1) is 12.6 Å². The molecule has 1 unspecified atom stereocenters. The minimum Gasteiger partial charge on any atom is -0.394 e. The van der Waals surface area contributed by atoms with E-state index >= 15 is 0 Å². The predicted molar refractivity (Wildman–Crippen MR) is 116 cm³/mol. The first-order valence-electron chi connectivity index (χ1n) is 10.1. The van der Waals surface area contributed by atoms with Crippen molar-refractivity contribution >= 4 is 22.9 Å². The summed E-state index contributed by atoms with van der Waals surface area (Å²) in [7, 11) is 0. The summed E-state index contributed by atoms with van der Waals surface area (Å²) in [4.78, 5) is 20.5. The van der Waals surface area contributed by atoms with Crippen molar-refractivity contribution in [3.63, 3.8) is 0 Å². The normalized spacial score (nSPS) is 16.3. The third-order valence-corrected chi connectivity index (χ3v) is 5.45. The van der Waals surface area contributed by atoms with Crippen molar-refractivity contribution in [1.82, 2.24) is 24.5 Å². The Morgan fingerprint density at radius 3 is 2.80 bits per heavy atom. The molecule has 30 heavy (non-hydrogen) atoms. The summed E-state index contributed by atoms with van der Waals surface area (Å²) in [6, 6.07) is 14.0. The average molecular weight is 401 g/mol. The fourth-order valence-corrected chi connectivity index (χ4v) is 3.90. The van der Waals surface area contributed by atoms with Crippen molar-refractivity contribution in [2.75, 3.05) is 23.4 Å². The Hall–Kier alpha value is -3.52. The number of aliphatic hydroxyl groups excluding tert-OH is 1. The molecule has 0 aliphatic carbocycles. The Morgan fingerprint density at radius 1 is 1.10 bits per heavy atom. The van der Waals surface area contributed by atoms with Gasteiger partial charge in [-0.1, -0.05) is 24.3 Å². The molecule has 4 heterocycles. The lowest BCUT2D eigenvalue weighted by Crippen LogP contribution is -2.33. The number of fused-ring (bicyclic) bond motifs is 1. The van der Waals surface area contributed by atoms with Gasteiger partial charge in [0.15, 0.2) is 17.0 Å². The first-order valence-corrected chi connectivity index (χ1v) is 10.1. The van der Waals surface area contributed by atoms with Crippen molar-refractivity contribution in [2.24, 2.45) is 0 Å². The number of aromatic nitrogens is 5. The van der Waals surface area contributed by atoms with Crippen LogP contribution in [0.15, 0.2) is 61.2 Å². The molecule has 5 rings (SSSR count). The van der Waals surface area contributed by atoms with Crippen LogP contribution in [0.3, 0.4) is 0 Å². The molecule has 1 aromatic carbocycles. The molecule has 1 atom stereocenters. The molecule has 0 bridgehead atoms. The van der Waals surface area contributed by atoms with Crippen LogP contribution >= 0.6 is 0 Å². The van der Waals surface area contributed by atoms with E-state index in [9.17, 15) is 5.11 Å². The van der Waals surface area contributed by atoms with E-state index in [2.05, 4.69) is 20.2 Å². The molecule has 8 nitrogen and oxygen atoms in total. The highest BCUT2D eigenvalue weighted by molar-refractivity contribution is 5.85. The number of hydrogen-bond acceptors (Lipinski definition) is 7. The highest BCUT2D eigenvalue weighted by atomic mass is 16.3. The van der Waals surface area contributed by atoms with E-state index < -0.39 is 0 Å². The number of imidazole rings is 1. The van der Waals surface area contributed by atoms with Gasteiger partial charge in [-0.15, -0.1) is 0 Å². The Kier molecular flexibility index (Phi) is 4.98. The van der Waals surface area contributed by atoms with Gasteiger partial charge >= 0.3 is 0 Å². The van der Waals surface area contributed by atoms with E-state index in [4.69, 9.17) is 9.97 Å². The van der Waals surface area contributed by atoms with Crippen LogP contribution in [-0.4, -0.2) is 48.8 Å². The number of nitrogens with zero attached hydrogens (tertiary/aromatic N) is 6. The van der Waals surface area contributed by atoms with Crippen LogP contribution in [0.2, 0.25) is 0 Å². The van der Waals surface area contributed by atoms with Crippen LogP contribution < -0.4 is 10.2 Å². The highest BCUT2D eigenvalue weighted by Gasteiger charge is 2.27. The van der Waals surface area contributed by atoms with Crippen LogP contribution in [0, 0.1) is 0 Å². The third-order valence-electron chi connectivity index (χ3n) is 5.45. The van der Waals surface area contributed by atoms with E-state index in [1.807, 2.05) is 53.2 Å². The molecule has 1 aliphatic rings. The summed E-state index contributed by atoms with van der Waals surface area (Å²) in [5, 5.41) is 13.2. The number of rotatable bonds is 6. The van der Waals surface area contributed by atoms with Crippen molar-refractivity contribution in [3.05, 3.63) is 66.7 Å². The number of hydrogen-bond donors (Lipinski definition) is 2. The smallest absolute Gasteiger partial charge is 0.229 e. The van der Waals surface area contributed by atoms with E-state index in [0.717, 1.165) is 36.3 Å². The van der Waals surface area contributed by atoms with E-state index in [0.29, 0.717) is 23.8 Å². The first kappa shape index (κ1) is 18.5. The molecule has 4 aromatic rings. The molecule has 0 amide bonds. The quantitative estimate of drug-likeness (QED) is 0.513. The van der Waals surface area contributed by atoms with Crippen LogP contribution in [-0.2, 0) is 6.54 Å². The zero-order chi connectivity index (χ0) is 20.3. The maximum absolute atomic E-state index is 9.79. The average Bonchev–Trinajstić information content (AvgIpc) is 3.45. The maximum atomic E-state index is 9.79. The summed E-state index contributed by atoms with van der Waals surface area (Å²) < 4.78 is 1.97. The van der Waals surface area contributed by atoms with E-state index in [-0.39, 0.29) is 12.6 Å². The molecule has 3 aromatic heterocycles. The second-order valence-electron chi connectivity index (χ2n) is 7.38. The summed E-state index contributed by atoms with van der Waals surface area (Å²) in [6.45, 7) is 1.51. The van der Waals surface area contributed by atoms with Gasteiger partial charge in [-0.05, 0) is 36.6 Å². The topological polar surface area (TPSA) is 92.0 Å². The molecule has 1 fully saturated rings. The van der Waals surface area contributed by atoms with Crippen molar-refractivity contribution in [1.29, 1.82) is 0 Å². The Bertz CT molecular complexity index is 1130. The lowest BCUT2D eigenvalue weighted by atomic mass is 10.2. The van der Waals surface area contributed by atoms with Gasteiger partial charge in [0.2, 0.25) is 5.95 Å². The van der Waals surface area contributed by atoms with Crippen molar-refractivity contribution in [2.45, 2.75) is 25.4 Å². The van der Waals surface area contributed by atoms with Crippen molar-refractivity contribution in [3.8, 4) is 5.69 Å². The second kappa shape index (κ2) is 8.08. The van der Waals surface area contributed by atoms with Gasteiger partial charge in [-0.2, -0.15) is 9.97 Å². The van der Waals surface area contributed by atoms with Crippen molar-refractivity contribution < 1.29 is 5.11 Å². The predicted octanol–water partition coefficient (Wildman–Crippen LogP) is 2.78. The fourth-order valence-electron chi connectivity index (χ4n) is 3.90. The van der Waals surface area contributed by atoms with E-state index in [1.165, 1.54) is 0 Å². The Balaban J connectivity index is 1.59. The second-order valence-corrected chi connectivity index (χ2v) is 7.38. The monoisotopic (exact) mass is 401 g/mol. The van der Waals surface area contributed by atoms with Gasteiger partial charge in [-0.25, -0.2) is 4.98 Å². The number of benzene rings is 1. The maximum Gasteiger partial charge on any atom is 0.229 e.